The molecule has 0 saturated carbocycles. The van der Waals surface area contributed by atoms with Crippen LogP contribution in [-0.2, 0) is 11.2 Å². The third-order valence-corrected chi connectivity index (χ3v) is 6.44. The molecule has 0 spiro atoms. The number of hydrogen-bond donors (Lipinski definition) is 1. The summed E-state index contributed by atoms with van der Waals surface area (Å²) in [5.41, 5.74) is 2.13. The zero-order valence-corrected chi connectivity index (χ0v) is 17.1. The molecule has 1 N–H and O–H groups in total. The average molecular weight is 424 g/mol. The number of rotatable bonds is 7. The summed E-state index contributed by atoms with van der Waals surface area (Å²) in [5.74, 6) is -0.0249. The number of benzene rings is 2. The van der Waals surface area contributed by atoms with Crippen molar-refractivity contribution in [2.75, 3.05) is 12.3 Å². The summed E-state index contributed by atoms with van der Waals surface area (Å²) < 4.78 is 12.9. The van der Waals surface area contributed by atoms with Crippen LogP contribution in [0.3, 0.4) is 0 Å². The van der Waals surface area contributed by atoms with Crippen LogP contribution < -0.4 is 5.32 Å². The zero-order valence-electron chi connectivity index (χ0n) is 15.5. The Balaban J connectivity index is 1.36. The Bertz CT molecular complexity index is 1110. The number of amides is 1. The van der Waals surface area contributed by atoms with Crippen molar-refractivity contribution in [3.05, 3.63) is 78.4 Å². The number of aromatic nitrogens is 2. The Morgan fingerprint density at radius 3 is 2.66 bits per heavy atom. The Morgan fingerprint density at radius 2 is 1.86 bits per heavy atom. The molecule has 4 rings (SSSR count). The molecule has 0 atom stereocenters. The van der Waals surface area contributed by atoms with Crippen molar-refractivity contribution in [3.8, 4) is 10.4 Å². The van der Waals surface area contributed by atoms with Gasteiger partial charge in [-0.15, -0.1) is 11.3 Å². The molecule has 0 radical (unpaired) electrons. The molecule has 146 valence electrons. The molecule has 2 heterocycles. The van der Waals surface area contributed by atoms with Crippen molar-refractivity contribution in [2.45, 2.75) is 11.4 Å². The lowest BCUT2D eigenvalue weighted by atomic mass is 10.1. The van der Waals surface area contributed by atoms with Crippen LogP contribution in [0, 0.1) is 5.82 Å². The van der Waals surface area contributed by atoms with E-state index in [1.54, 1.807) is 29.8 Å². The Morgan fingerprint density at radius 1 is 1.07 bits per heavy atom. The number of carbonyl (C=O) groups excluding carboxylic acids is 1. The van der Waals surface area contributed by atoms with Gasteiger partial charge in [0.15, 0.2) is 0 Å². The first-order valence-corrected chi connectivity index (χ1v) is 10.9. The summed E-state index contributed by atoms with van der Waals surface area (Å²) in [6.45, 7) is 0.515. The SMILES string of the molecule is O=C(CSc1ncnc2sc(-c3ccccc3)cc12)NCCc1ccc(F)cc1. The maximum atomic E-state index is 12.9. The minimum atomic E-state index is -0.255. The van der Waals surface area contributed by atoms with Crippen LogP contribution in [0.25, 0.3) is 20.7 Å². The number of fused-ring (bicyclic) bond motifs is 1. The van der Waals surface area contributed by atoms with E-state index in [2.05, 4.69) is 33.5 Å². The second-order valence-corrected chi connectivity index (χ2v) is 8.38. The van der Waals surface area contributed by atoms with E-state index in [0.29, 0.717) is 13.0 Å². The second-order valence-electron chi connectivity index (χ2n) is 6.39. The molecule has 0 bridgehead atoms. The molecule has 0 aliphatic heterocycles. The van der Waals surface area contributed by atoms with E-state index in [9.17, 15) is 9.18 Å². The predicted molar refractivity (Wildman–Crippen MR) is 117 cm³/mol. The van der Waals surface area contributed by atoms with Crippen LogP contribution in [0.1, 0.15) is 5.56 Å². The highest BCUT2D eigenvalue weighted by Crippen LogP contribution is 2.35. The fourth-order valence-electron chi connectivity index (χ4n) is 2.88. The van der Waals surface area contributed by atoms with Crippen molar-refractivity contribution < 1.29 is 9.18 Å². The van der Waals surface area contributed by atoms with Crippen LogP contribution in [0.15, 0.2) is 72.0 Å². The van der Waals surface area contributed by atoms with Gasteiger partial charge >= 0.3 is 0 Å². The van der Waals surface area contributed by atoms with Gasteiger partial charge in [0.1, 0.15) is 22.0 Å². The van der Waals surface area contributed by atoms with E-state index in [4.69, 9.17) is 0 Å². The predicted octanol–water partition coefficient (Wildman–Crippen LogP) is 4.95. The highest BCUT2D eigenvalue weighted by atomic mass is 32.2. The molecule has 7 heteroatoms. The highest BCUT2D eigenvalue weighted by molar-refractivity contribution is 8.00. The summed E-state index contributed by atoms with van der Waals surface area (Å²) in [7, 11) is 0. The van der Waals surface area contributed by atoms with E-state index in [1.807, 2.05) is 18.2 Å². The Labute approximate surface area is 176 Å². The molecular formula is C22H18FN3OS2. The van der Waals surface area contributed by atoms with Crippen molar-refractivity contribution in [2.24, 2.45) is 0 Å². The fraction of sp³-hybridized carbons (Fsp3) is 0.136. The number of hydrogen-bond acceptors (Lipinski definition) is 5. The smallest absolute Gasteiger partial charge is 0.230 e. The molecule has 0 saturated heterocycles. The number of halogens is 1. The standard InChI is InChI=1S/C22H18FN3OS2/c23-17-8-6-15(7-9-17)10-11-24-20(27)13-28-21-18-12-19(16-4-2-1-3-5-16)29-22(18)26-14-25-21/h1-9,12,14H,10-11,13H2,(H,24,27). The van der Waals surface area contributed by atoms with E-state index in [1.165, 1.54) is 23.9 Å². The van der Waals surface area contributed by atoms with Gasteiger partial charge in [-0.25, -0.2) is 14.4 Å². The number of thiophene rings is 1. The van der Waals surface area contributed by atoms with E-state index >= 15 is 0 Å². The normalized spacial score (nSPS) is 10.9. The third kappa shape index (κ3) is 4.99. The van der Waals surface area contributed by atoms with Gasteiger partial charge in [-0.1, -0.05) is 54.2 Å². The first-order valence-electron chi connectivity index (χ1n) is 9.13. The number of thioether (sulfide) groups is 1. The van der Waals surface area contributed by atoms with Crippen molar-refractivity contribution in [1.82, 2.24) is 15.3 Å². The Kier molecular flexibility index (Phi) is 6.17. The monoisotopic (exact) mass is 423 g/mol. The van der Waals surface area contributed by atoms with Crippen LogP contribution in [0.2, 0.25) is 0 Å². The van der Waals surface area contributed by atoms with Gasteiger partial charge in [-0.3, -0.25) is 4.79 Å². The largest absolute Gasteiger partial charge is 0.355 e. The summed E-state index contributed by atoms with van der Waals surface area (Å²) in [6, 6.07) is 18.6. The van der Waals surface area contributed by atoms with E-state index in [0.717, 1.165) is 31.2 Å². The Hall–Kier alpha value is -2.77. The molecule has 29 heavy (non-hydrogen) atoms. The molecule has 4 nitrogen and oxygen atoms in total. The molecule has 2 aromatic carbocycles. The molecule has 0 fully saturated rings. The fourth-order valence-corrected chi connectivity index (χ4v) is 4.75. The third-order valence-electron chi connectivity index (χ3n) is 4.34. The first-order chi connectivity index (χ1) is 14.2. The lowest BCUT2D eigenvalue weighted by Crippen LogP contribution is -2.27. The number of nitrogens with one attached hydrogen (secondary N) is 1. The van der Waals surface area contributed by atoms with Crippen LogP contribution >= 0.6 is 23.1 Å². The number of nitrogens with zero attached hydrogens (tertiary/aromatic N) is 2. The van der Waals surface area contributed by atoms with Crippen LogP contribution in [0.5, 0.6) is 0 Å². The first kappa shape index (κ1) is 19.5. The highest BCUT2D eigenvalue weighted by Gasteiger charge is 2.12. The summed E-state index contributed by atoms with van der Waals surface area (Å²) >= 11 is 3.03. The second kappa shape index (κ2) is 9.15. The van der Waals surface area contributed by atoms with Gasteiger partial charge in [-0.2, -0.15) is 0 Å². The zero-order chi connectivity index (χ0) is 20.1. The topological polar surface area (TPSA) is 54.9 Å². The minimum absolute atomic E-state index is 0.0533. The van der Waals surface area contributed by atoms with E-state index in [-0.39, 0.29) is 17.5 Å². The maximum absolute atomic E-state index is 12.9. The lowest BCUT2D eigenvalue weighted by molar-refractivity contribution is -0.118. The van der Waals surface area contributed by atoms with Gasteiger partial charge in [0.05, 0.1) is 5.75 Å². The van der Waals surface area contributed by atoms with Crippen LogP contribution in [0.4, 0.5) is 4.39 Å². The summed E-state index contributed by atoms with van der Waals surface area (Å²) in [4.78, 5) is 23.0. The minimum Gasteiger partial charge on any atom is -0.355 e. The molecule has 0 unspecified atom stereocenters. The van der Waals surface area contributed by atoms with Gasteiger partial charge in [0.2, 0.25) is 5.91 Å². The summed E-state index contributed by atoms with van der Waals surface area (Å²) in [6.07, 6.45) is 2.21. The maximum Gasteiger partial charge on any atom is 0.230 e. The quantitative estimate of drug-likeness (QED) is 0.338. The van der Waals surface area contributed by atoms with Crippen LogP contribution in [-0.4, -0.2) is 28.2 Å². The van der Waals surface area contributed by atoms with Gasteiger partial charge in [0, 0.05) is 16.8 Å². The molecule has 0 aliphatic carbocycles. The average Bonchev–Trinajstić information content (AvgIpc) is 3.19. The summed E-state index contributed by atoms with van der Waals surface area (Å²) in [5, 5.41) is 4.68. The number of carbonyl (C=O) groups is 1. The van der Waals surface area contributed by atoms with Crippen molar-refractivity contribution in [3.63, 3.8) is 0 Å². The molecule has 0 aliphatic rings. The lowest BCUT2D eigenvalue weighted by Gasteiger charge is -2.05. The van der Waals surface area contributed by atoms with Gasteiger partial charge < -0.3 is 5.32 Å². The van der Waals surface area contributed by atoms with Gasteiger partial charge in [0.25, 0.3) is 0 Å². The van der Waals surface area contributed by atoms with Gasteiger partial charge in [-0.05, 0) is 35.7 Å². The molecular weight excluding hydrogens is 405 g/mol. The molecule has 2 aromatic heterocycles. The van der Waals surface area contributed by atoms with Crippen molar-refractivity contribution in [1.29, 1.82) is 0 Å². The van der Waals surface area contributed by atoms with E-state index < -0.39 is 0 Å². The van der Waals surface area contributed by atoms with Crippen molar-refractivity contribution >= 4 is 39.2 Å². The molecule has 4 aromatic rings. The molecule has 1 amide bonds.